The second-order valence-electron chi connectivity index (χ2n) is 7.01. The third kappa shape index (κ3) is 4.78. The van der Waals surface area contributed by atoms with E-state index in [4.69, 9.17) is 9.84 Å². The lowest BCUT2D eigenvalue weighted by molar-refractivity contribution is -0.151. The van der Waals surface area contributed by atoms with E-state index >= 15 is 0 Å². The number of carbonyl (C=O) groups is 2. The van der Waals surface area contributed by atoms with E-state index in [0.29, 0.717) is 18.8 Å². The minimum Gasteiger partial charge on any atom is -0.479 e. The number of piperidine rings is 1. The van der Waals surface area contributed by atoms with Gasteiger partial charge in [0.1, 0.15) is 0 Å². The number of aromatic nitrogens is 1. The highest BCUT2D eigenvalue weighted by molar-refractivity contribution is 5.76. The number of carboxylic acid groups (broad SMARTS) is 1. The molecule has 1 aromatic rings. The molecule has 3 heterocycles. The fourth-order valence-electron chi connectivity index (χ4n) is 3.86. The Kier molecular flexibility index (Phi) is 6.02. The molecule has 136 valence electrons. The summed E-state index contributed by atoms with van der Waals surface area (Å²) in [5.41, 5.74) is 1.17. The number of pyridine rings is 1. The quantitative estimate of drug-likeness (QED) is 0.855. The number of ether oxygens (including phenoxy) is 1. The molecule has 1 aromatic heterocycles. The Hall–Kier alpha value is -1.95. The Morgan fingerprint density at radius 3 is 2.68 bits per heavy atom. The molecule has 6 nitrogen and oxygen atoms in total. The number of carboxylic acids is 1. The third-order valence-electron chi connectivity index (χ3n) is 5.32. The maximum Gasteiger partial charge on any atom is 0.332 e. The molecule has 0 radical (unpaired) electrons. The summed E-state index contributed by atoms with van der Waals surface area (Å²) in [6.07, 6.45) is 8.54. The van der Waals surface area contributed by atoms with Crippen LogP contribution in [0.4, 0.5) is 0 Å². The molecule has 1 N–H and O–H groups in total. The van der Waals surface area contributed by atoms with Gasteiger partial charge in [0.2, 0.25) is 5.91 Å². The first-order valence-electron chi connectivity index (χ1n) is 9.18. The van der Waals surface area contributed by atoms with Gasteiger partial charge in [-0.3, -0.25) is 9.78 Å². The summed E-state index contributed by atoms with van der Waals surface area (Å²) in [5.74, 6) is -0.259. The molecule has 2 aliphatic rings. The summed E-state index contributed by atoms with van der Waals surface area (Å²) in [5, 5.41) is 9.03. The summed E-state index contributed by atoms with van der Waals surface area (Å²) < 4.78 is 5.66. The fraction of sp³-hybridized carbons (Fsp3) is 0.632. The molecule has 0 unspecified atom stereocenters. The lowest BCUT2D eigenvalue weighted by Crippen LogP contribution is -2.41. The molecule has 2 fully saturated rings. The lowest BCUT2D eigenvalue weighted by atomic mass is 9.89. The molecule has 0 aromatic carbocycles. The van der Waals surface area contributed by atoms with Crippen molar-refractivity contribution in [2.24, 2.45) is 5.92 Å². The van der Waals surface area contributed by atoms with E-state index in [9.17, 15) is 9.59 Å². The van der Waals surface area contributed by atoms with E-state index < -0.39 is 12.1 Å². The maximum absolute atomic E-state index is 12.4. The Balaban J connectivity index is 1.37. The van der Waals surface area contributed by atoms with Crippen molar-refractivity contribution in [1.82, 2.24) is 9.88 Å². The number of aliphatic carboxylic acids is 1. The van der Waals surface area contributed by atoms with Gasteiger partial charge in [-0.25, -0.2) is 4.79 Å². The second kappa shape index (κ2) is 8.43. The van der Waals surface area contributed by atoms with Gasteiger partial charge < -0.3 is 14.7 Å². The number of likely N-dealkylation sites (tertiary alicyclic amines) is 1. The van der Waals surface area contributed by atoms with Crippen molar-refractivity contribution >= 4 is 11.9 Å². The predicted octanol–water partition coefficient (Wildman–Crippen LogP) is 2.28. The Bertz CT molecular complexity index is 584. The standard InChI is InChI=1S/C19H26N2O4/c22-18(5-1-3-14-4-2-10-20-13-14)21-11-8-15(9-12-21)16-6-7-17(25-16)19(23)24/h2,4,10,13,15-17H,1,3,5-9,11-12H2,(H,23,24)/t16-,17+/m0/s1. The average Bonchev–Trinajstić information content (AvgIpc) is 3.13. The van der Waals surface area contributed by atoms with Crippen LogP contribution in [0.5, 0.6) is 0 Å². The first-order valence-corrected chi connectivity index (χ1v) is 9.18. The SMILES string of the molecule is O=C(O)[C@H]1CC[C@@H](C2CCN(C(=O)CCCc3cccnc3)CC2)O1. The zero-order valence-corrected chi connectivity index (χ0v) is 14.5. The van der Waals surface area contributed by atoms with Crippen LogP contribution in [0.1, 0.15) is 44.1 Å². The predicted molar refractivity (Wildman–Crippen MR) is 92.0 cm³/mol. The molecule has 2 aliphatic heterocycles. The van der Waals surface area contributed by atoms with E-state index in [2.05, 4.69) is 4.98 Å². The summed E-state index contributed by atoms with van der Waals surface area (Å²) >= 11 is 0. The van der Waals surface area contributed by atoms with Gasteiger partial charge in [0.05, 0.1) is 6.10 Å². The minimum absolute atomic E-state index is 0.0453. The van der Waals surface area contributed by atoms with Crippen LogP contribution >= 0.6 is 0 Å². The van der Waals surface area contributed by atoms with Gasteiger partial charge in [-0.05, 0) is 56.1 Å². The molecule has 6 heteroatoms. The van der Waals surface area contributed by atoms with Gasteiger partial charge >= 0.3 is 5.97 Å². The normalized spacial score (nSPS) is 24.4. The molecule has 1 amide bonds. The molecular weight excluding hydrogens is 320 g/mol. The van der Waals surface area contributed by atoms with Crippen LogP contribution in [0.3, 0.4) is 0 Å². The Morgan fingerprint density at radius 2 is 2.04 bits per heavy atom. The fourth-order valence-corrected chi connectivity index (χ4v) is 3.86. The van der Waals surface area contributed by atoms with Crippen LogP contribution in [0.15, 0.2) is 24.5 Å². The molecule has 0 aliphatic carbocycles. The summed E-state index contributed by atoms with van der Waals surface area (Å²) in [6.45, 7) is 1.52. The van der Waals surface area contributed by atoms with E-state index in [-0.39, 0.29) is 12.0 Å². The highest BCUT2D eigenvalue weighted by Crippen LogP contribution is 2.32. The maximum atomic E-state index is 12.4. The van der Waals surface area contributed by atoms with Gasteiger partial charge in [-0.2, -0.15) is 0 Å². The topological polar surface area (TPSA) is 79.7 Å². The van der Waals surface area contributed by atoms with Crippen LogP contribution < -0.4 is 0 Å². The van der Waals surface area contributed by atoms with E-state index in [0.717, 1.165) is 45.2 Å². The molecule has 0 spiro atoms. The van der Waals surface area contributed by atoms with Crippen molar-refractivity contribution in [3.63, 3.8) is 0 Å². The van der Waals surface area contributed by atoms with Gasteiger partial charge in [0.25, 0.3) is 0 Å². The van der Waals surface area contributed by atoms with Crippen LogP contribution in [-0.2, 0) is 20.7 Å². The highest BCUT2D eigenvalue weighted by atomic mass is 16.5. The summed E-state index contributed by atoms with van der Waals surface area (Å²) in [4.78, 5) is 29.4. The molecule has 0 saturated carbocycles. The Morgan fingerprint density at radius 1 is 1.24 bits per heavy atom. The summed E-state index contributed by atoms with van der Waals surface area (Å²) in [7, 11) is 0. The number of carbonyl (C=O) groups excluding carboxylic acids is 1. The third-order valence-corrected chi connectivity index (χ3v) is 5.32. The number of nitrogens with zero attached hydrogens (tertiary/aromatic N) is 2. The number of hydrogen-bond donors (Lipinski definition) is 1. The van der Waals surface area contributed by atoms with Crippen LogP contribution in [0, 0.1) is 5.92 Å². The number of aryl methyl sites for hydroxylation is 1. The molecule has 25 heavy (non-hydrogen) atoms. The zero-order valence-electron chi connectivity index (χ0n) is 14.5. The lowest BCUT2D eigenvalue weighted by Gasteiger charge is -2.34. The number of hydrogen-bond acceptors (Lipinski definition) is 4. The molecule has 2 saturated heterocycles. The van der Waals surface area contributed by atoms with E-state index in [1.54, 1.807) is 6.20 Å². The largest absolute Gasteiger partial charge is 0.479 e. The van der Waals surface area contributed by atoms with Gasteiger partial charge in [-0.15, -0.1) is 0 Å². The van der Waals surface area contributed by atoms with Gasteiger partial charge in [0.15, 0.2) is 6.10 Å². The first kappa shape index (κ1) is 17.9. The van der Waals surface area contributed by atoms with E-state index in [1.807, 2.05) is 23.2 Å². The van der Waals surface area contributed by atoms with Crippen molar-refractivity contribution in [1.29, 1.82) is 0 Å². The second-order valence-corrected chi connectivity index (χ2v) is 7.01. The van der Waals surface area contributed by atoms with Crippen molar-refractivity contribution in [2.45, 2.75) is 57.2 Å². The van der Waals surface area contributed by atoms with Crippen molar-refractivity contribution in [3.05, 3.63) is 30.1 Å². The van der Waals surface area contributed by atoms with Crippen molar-refractivity contribution in [3.8, 4) is 0 Å². The first-order chi connectivity index (χ1) is 12.1. The van der Waals surface area contributed by atoms with E-state index in [1.165, 1.54) is 5.56 Å². The molecule has 0 bridgehead atoms. The van der Waals surface area contributed by atoms with Crippen LogP contribution in [0.2, 0.25) is 0 Å². The molecule has 3 rings (SSSR count). The smallest absolute Gasteiger partial charge is 0.332 e. The average molecular weight is 346 g/mol. The highest BCUT2D eigenvalue weighted by Gasteiger charge is 2.37. The van der Waals surface area contributed by atoms with Crippen LogP contribution in [0.25, 0.3) is 0 Å². The zero-order chi connectivity index (χ0) is 17.6. The molecular formula is C19H26N2O4. The summed E-state index contributed by atoms with van der Waals surface area (Å²) in [6, 6.07) is 3.96. The number of amides is 1. The van der Waals surface area contributed by atoms with Crippen molar-refractivity contribution < 1.29 is 19.4 Å². The molecule has 2 atom stereocenters. The monoisotopic (exact) mass is 346 g/mol. The van der Waals surface area contributed by atoms with Crippen LogP contribution in [-0.4, -0.2) is 52.2 Å². The van der Waals surface area contributed by atoms with Gasteiger partial charge in [0, 0.05) is 31.9 Å². The van der Waals surface area contributed by atoms with Crippen molar-refractivity contribution in [2.75, 3.05) is 13.1 Å². The number of rotatable bonds is 6. The Labute approximate surface area is 148 Å². The van der Waals surface area contributed by atoms with Gasteiger partial charge in [-0.1, -0.05) is 6.07 Å². The minimum atomic E-state index is -0.858.